The number of aryl methyl sites for hydroxylation is 2. The normalized spacial score (nSPS) is 13.4. The maximum atomic E-state index is 15.2. The van der Waals surface area contributed by atoms with Crippen molar-refractivity contribution in [2.75, 3.05) is 31.1 Å². The van der Waals surface area contributed by atoms with Crippen LogP contribution in [0.5, 0.6) is 11.5 Å². The second-order valence-corrected chi connectivity index (χ2v) is 16.5. The molecule has 3 N–H and O–H groups in total. The molecule has 4 aliphatic heterocycles. The van der Waals surface area contributed by atoms with E-state index in [9.17, 15) is 19.5 Å². The number of phenolic OH excluding ortho intramolecular Hbond substituents is 1. The lowest BCUT2D eigenvalue weighted by atomic mass is 9.90. The highest BCUT2D eigenvalue weighted by atomic mass is 19.1. The van der Waals surface area contributed by atoms with Crippen LogP contribution in [0.3, 0.4) is 0 Å². The molecule has 0 bridgehead atoms. The number of benzene rings is 4. The van der Waals surface area contributed by atoms with E-state index in [4.69, 9.17) is 14.1 Å². The van der Waals surface area contributed by atoms with Crippen LogP contribution in [0, 0.1) is 5.82 Å². The summed E-state index contributed by atoms with van der Waals surface area (Å²) in [7, 11) is 0. The zero-order valence-corrected chi connectivity index (χ0v) is 34.7. The van der Waals surface area contributed by atoms with Crippen molar-refractivity contribution in [3.8, 4) is 28.6 Å². The van der Waals surface area contributed by atoms with Gasteiger partial charge in [0.25, 0.3) is 11.5 Å². The van der Waals surface area contributed by atoms with E-state index in [0.29, 0.717) is 47.9 Å². The van der Waals surface area contributed by atoms with E-state index in [2.05, 4.69) is 21.3 Å². The van der Waals surface area contributed by atoms with Crippen LogP contribution in [0.1, 0.15) is 95.4 Å². The van der Waals surface area contributed by atoms with Crippen molar-refractivity contribution in [1.82, 2.24) is 19.9 Å². The Morgan fingerprint density at radius 2 is 1.65 bits per heavy atom. The van der Waals surface area contributed by atoms with E-state index in [0.717, 1.165) is 105 Å². The van der Waals surface area contributed by atoms with Gasteiger partial charge in [-0.15, -0.1) is 0 Å². The SMILES string of the molecule is O=C(NCCCCCCCCOc1ccc(Cc2nc3c(Cc4ccccc4)[nH]c(-c4ccc(O)cc4)cn-3c2=O)cc1F)c1cc2cc3c4c(c2oc1=O)CCCN4CCC3. The van der Waals surface area contributed by atoms with Crippen molar-refractivity contribution in [2.24, 2.45) is 0 Å². The zero-order valence-electron chi connectivity index (χ0n) is 34.7. The monoisotopic (exact) mass is 835 g/mol. The van der Waals surface area contributed by atoms with Gasteiger partial charge >= 0.3 is 5.63 Å². The first kappa shape index (κ1) is 40.7. The van der Waals surface area contributed by atoms with Gasteiger partial charge in [0.2, 0.25) is 0 Å². The van der Waals surface area contributed by atoms with E-state index < -0.39 is 17.3 Å². The Hall–Kier alpha value is -6.69. The summed E-state index contributed by atoms with van der Waals surface area (Å²) >= 11 is 0. The van der Waals surface area contributed by atoms with E-state index in [1.165, 1.54) is 17.3 Å². The molecule has 318 valence electrons. The van der Waals surface area contributed by atoms with Gasteiger partial charge < -0.3 is 29.5 Å². The fourth-order valence-corrected chi connectivity index (χ4v) is 8.99. The number of H-pyrrole nitrogens is 1. The highest BCUT2D eigenvalue weighted by Gasteiger charge is 2.28. The number of amides is 1. The predicted molar refractivity (Wildman–Crippen MR) is 238 cm³/mol. The third-order valence-corrected chi connectivity index (χ3v) is 12.1. The van der Waals surface area contributed by atoms with Crippen molar-refractivity contribution >= 4 is 22.6 Å². The summed E-state index contributed by atoms with van der Waals surface area (Å²) in [5, 5.41) is 13.5. The number of fused-ring (bicyclic) bond motifs is 3. The van der Waals surface area contributed by atoms with Gasteiger partial charge in [0.1, 0.15) is 22.6 Å². The summed E-state index contributed by atoms with van der Waals surface area (Å²) in [6.07, 6.45) is 11.8. The minimum atomic E-state index is -0.590. The first-order valence-electron chi connectivity index (χ1n) is 21.8. The summed E-state index contributed by atoms with van der Waals surface area (Å²) in [4.78, 5) is 50.2. The van der Waals surface area contributed by atoms with Crippen LogP contribution in [-0.4, -0.2) is 51.8 Å². The minimum absolute atomic E-state index is 0.0525. The van der Waals surface area contributed by atoms with Gasteiger partial charge in [-0.05, 0) is 109 Å². The molecule has 9 rings (SSSR count). The standard InChI is InChI=1S/C50H50FN5O6/c51-40-26-33(28-42-49(59)56-31-43(34-17-19-37(57)20-18-34)53-41(47(56)54-42)27-32-12-6-5-7-13-32)16-21-44(40)61-25-9-4-2-1-3-8-22-52-48(58)39-30-36-29-35-14-10-23-55-24-11-15-38(45(35)55)46(36)62-50(39)60/h5-7,12-13,16-21,26,29-31,53,57H,1-4,8-11,14-15,22-25,27-28H2,(H,52,58). The number of hydrogen-bond donors (Lipinski definition) is 3. The van der Waals surface area contributed by atoms with E-state index >= 15 is 4.39 Å². The molecule has 4 aromatic carbocycles. The van der Waals surface area contributed by atoms with E-state index in [-0.39, 0.29) is 29.0 Å². The van der Waals surface area contributed by atoms with Gasteiger partial charge in [-0.1, -0.05) is 62.1 Å². The molecule has 62 heavy (non-hydrogen) atoms. The molecule has 0 aliphatic carbocycles. The number of aromatic amines is 1. The Bertz CT molecular complexity index is 2810. The third-order valence-electron chi connectivity index (χ3n) is 12.1. The largest absolute Gasteiger partial charge is 0.508 e. The Labute approximate surface area is 358 Å². The van der Waals surface area contributed by atoms with Crippen molar-refractivity contribution in [2.45, 2.75) is 77.0 Å². The number of hydrogen-bond acceptors (Lipinski definition) is 8. The van der Waals surface area contributed by atoms with Crippen molar-refractivity contribution in [3.63, 3.8) is 0 Å². The van der Waals surface area contributed by atoms with Crippen LogP contribution in [-0.2, 0) is 25.7 Å². The minimum Gasteiger partial charge on any atom is -0.508 e. The van der Waals surface area contributed by atoms with Crippen molar-refractivity contribution in [1.29, 1.82) is 0 Å². The number of phenols is 1. The molecule has 1 aromatic heterocycles. The third kappa shape index (κ3) is 8.72. The maximum absolute atomic E-state index is 15.2. The first-order chi connectivity index (χ1) is 30.3. The number of nitrogens with zero attached hydrogens (tertiary/aromatic N) is 3. The number of anilines is 1. The fourth-order valence-electron chi connectivity index (χ4n) is 8.99. The van der Waals surface area contributed by atoms with Crippen LogP contribution < -0.4 is 26.1 Å². The maximum Gasteiger partial charge on any atom is 0.349 e. The summed E-state index contributed by atoms with van der Waals surface area (Å²) in [5.74, 6) is -0.0644. The number of imidazole rings is 1. The number of aromatic nitrogens is 3. The quantitative estimate of drug-likeness (QED) is 0.0649. The molecule has 0 saturated heterocycles. The van der Waals surface area contributed by atoms with Gasteiger partial charge in [-0.2, -0.15) is 0 Å². The summed E-state index contributed by atoms with van der Waals surface area (Å²) in [6.45, 7) is 2.92. The zero-order chi connectivity index (χ0) is 42.6. The van der Waals surface area contributed by atoms with Gasteiger partial charge in [0, 0.05) is 55.3 Å². The fraction of sp³-hybridized carbons (Fsp3) is 0.320. The lowest BCUT2D eigenvalue weighted by Gasteiger charge is -2.37. The Morgan fingerprint density at radius 3 is 2.45 bits per heavy atom. The lowest BCUT2D eigenvalue weighted by Crippen LogP contribution is -2.34. The second-order valence-electron chi connectivity index (χ2n) is 16.5. The molecule has 0 spiro atoms. The molecular formula is C50H50FN5O6. The average Bonchev–Trinajstić information content (AvgIpc) is 3.59. The van der Waals surface area contributed by atoms with Crippen LogP contribution in [0.4, 0.5) is 10.1 Å². The highest BCUT2D eigenvalue weighted by molar-refractivity contribution is 5.98. The molecule has 0 unspecified atom stereocenters. The number of carbonyl (C=O) groups is 1. The average molecular weight is 836 g/mol. The highest BCUT2D eigenvalue weighted by Crippen LogP contribution is 2.39. The number of carbonyl (C=O) groups excluding carboxylic acids is 1. The molecular weight excluding hydrogens is 786 g/mol. The lowest BCUT2D eigenvalue weighted by molar-refractivity contribution is 0.0949. The first-order valence-corrected chi connectivity index (χ1v) is 21.8. The van der Waals surface area contributed by atoms with E-state index in [1.807, 2.05) is 30.3 Å². The van der Waals surface area contributed by atoms with Gasteiger partial charge in [-0.25, -0.2) is 14.2 Å². The summed E-state index contributed by atoms with van der Waals surface area (Å²) < 4.78 is 28.4. The Balaban J connectivity index is 0.731. The summed E-state index contributed by atoms with van der Waals surface area (Å²) in [5.41, 5.74) is 7.66. The van der Waals surface area contributed by atoms with Crippen LogP contribution in [0.2, 0.25) is 0 Å². The number of halogens is 1. The smallest absolute Gasteiger partial charge is 0.349 e. The molecule has 0 saturated carbocycles. The Morgan fingerprint density at radius 1 is 0.871 bits per heavy atom. The topological polar surface area (TPSA) is 143 Å². The molecule has 5 heterocycles. The Kier molecular flexibility index (Phi) is 11.9. The predicted octanol–water partition coefficient (Wildman–Crippen LogP) is 8.65. The molecule has 0 atom stereocenters. The number of unbranched alkanes of at least 4 members (excludes halogenated alkanes) is 5. The van der Waals surface area contributed by atoms with Crippen molar-refractivity contribution in [3.05, 3.63) is 157 Å². The van der Waals surface area contributed by atoms with Gasteiger partial charge in [-0.3, -0.25) is 14.2 Å². The number of nitrogens with one attached hydrogen (secondary N) is 2. The van der Waals surface area contributed by atoms with Gasteiger partial charge in [0.05, 0.1) is 18.0 Å². The number of rotatable bonds is 16. The van der Waals surface area contributed by atoms with Crippen molar-refractivity contribution < 1.29 is 23.4 Å². The molecule has 5 aromatic rings. The van der Waals surface area contributed by atoms with Gasteiger partial charge in [0.15, 0.2) is 17.4 Å². The molecule has 12 heteroatoms. The van der Waals surface area contributed by atoms with Crippen LogP contribution >= 0.6 is 0 Å². The molecule has 0 radical (unpaired) electrons. The molecule has 0 fully saturated rings. The van der Waals surface area contributed by atoms with Crippen LogP contribution in [0.15, 0.2) is 105 Å². The molecule has 11 nitrogen and oxygen atoms in total. The van der Waals surface area contributed by atoms with Crippen LogP contribution in [0.25, 0.3) is 28.0 Å². The van der Waals surface area contributed by atoms with E-state index in [1.54, 1.807) is 53.2 Å². The second kappa shape index (κ2) is 18.1. The molecule has 4 aliphatic rings. The summed E-state index contributed by atoms with van der Waals surface area (Å²) in [6, 6.07) is 25.2. The number of ether oxygens (including phenoxy) is 1. The molecule has 1 amide bonds. The number of aromatic hydroxyl groups is 1.